The van der Waals surface area contributed by atoms with Gasteiger partial charge in [0.05, 0.1) is 12.0 Å². The number of aromatic nitrogens is 1. The summed E-state index contributed by atoms with van der Waals surface area (Å²) in [5.41, 5.74) is 0.525. The lowest BCUT2D eigenvalue weighted by atomic mass is 10.0. The zero-order valence-electron chi connectivity index (χ0n) is 10.8. The fraction of sp³-hybridized carbons (Fsp3) is 0.385. The first kappa shape index (κ1) is 14.6. The van der Waals surface area contributed by atoms with Crippen molar-refractivity contribution in [2.75, 3.05) is 0 Å². The molecule has 1 unspecified atom stereocenters. The van der Waals surface area contributed by atoms with Crippen LogP contribution in [0, 0.1) is 17.2 Å². The van der Waals surface area contributed by atoms with Gasteiger partial charge in [-0.2, -0.15) is 5.26 Å². The number of carbonyl (C=O) groups excluding carboxylic acids is 1. The molecule has 0 saturated heterocycles. The minimum atomic E-state index is -0.966. The average Bonchev–Trinajstić information content (AvgIpc) is 2.37. The molecule has 0 saturated carbocycles. The van der Waals surface area contributed by atoms with Crippen molar-refractivity contribution in [3.05, 3.63) is 29.6 Å². The molecular weight excluding hydrogens is 246 g/mol. The van der Waals surface area contributed by atoms with Gasteiger partial charge in [-0.1, -0.05) is 13.8 Å². The van der Waals surface area contributed by atoms with Gasteiger partial charge < -0.3 is 10.4 Å². The highest BCUT2D eigenvalue weighted by Gasteiger charge is 2.20. The quantitative estimate of drug-likeness (QED) is 0.828. The van der Waals surface area contributed by atoms with E-state index in [-0.39, 0.29) is 18.0 Å². The fourth-order valence-electron chi connectivity index (χ4n) is 1.48. The Hall–Kier alpha value is -2.42. The summed E-state index contributed by atoms with van der Waals surface area (Å²) in [5.74, 6) is -1.41. The number of carboxylic acids is 1. The number of pyridine rings is 1. The van der Waals surface area contributed by atoms with Gasteiger partial charge in [-0.05, 0) is 18.1 Å². The second-order valence-corrected chi connectivity index (χ2v) is 4.47. The number of nitriles is 1. The van der Waals surface area contributed by atoms with E-state index in [2.05, 4.69) is 10.3 Å². The summed E-state index contributed by atoms with van der Waals surface area (Å²) in [4.78, 5) is 26.5. The van der Waals surface area contributed by atoms with Crippen LogP contribution in [0.15, 0.2) is 18.3 Å². The molecular formula is C13H15N3O3. The van der Waals surface area contributed by atoms with E-state index in [9.17, 15) is 9.59 Å². The Kier molecular flexibility index (Phi) is 5.01. The Morgan fingerprint density at radius 3 is 2.58 bits per heavy atom. The van der Waals surface area contributed by atoms with Gasteiger partial charge in [0.2, 0.25) is 0 Å². The van der Waals surface area contributed by atoms with Crippen LogP contribution in [0.25, 0.3) is 0 Å². The van der Waals surface area contributed by atoms with E-state index in [1.807, 2.05) is 19.9 Å². The standard InChI is InChI=1S/C13H15N3O3/c1-8(2)11(5-12(17)18)16-13(19)10-4-3-9(6-14)7-15-10/h3-4,7-8,11H,5H2,1-2H3,(H,16,19)(H,17,18). The van der Waals surface area contributed by atoms with Gasteiger partial charge in [0.25, 0.3) is 5.91 Å². The van der Waals surface area contributed by atoms with E-state index >= 15 is 0 Å². The Labute approximate surface area is 111 Å². The van der Waals surface area contributed by atoms with Gasteiger partial charge >= 0.3 is 5.97 Å². The molecule has 0 aliphatic heterocycles. The van der Waals surface area contributed by atoms with E-state index in [0.717, 1.165) is 0 Å². The third-order valence-corrected chi connectivity index (χ3v) is 2.64. The number of nitrogens with one attached hydrogen (secondary N) is 1. The lowest BCUT2D eigenvalue weighted by Crippen LogP contribution is -2.40. The van der Waals surface area contributed by atoms with Gasteiger partial charge in [0.1, 0.15) is 11.8 Å². The number of carbonyl (C=O) groups is 2. The molecule has 0 fully saturated rings. The summed E-state index contributed by atoms with van der Waals surface area (Å²) >= 11 is 0. The van der Waals surface area contributed by atoms with Crippen molar-refractivity contribution < 1.29 is 14.7 Å². The van der Waals surface area contributed by atoms with E-state index in [0.29, 0.717) is 5.56 Å². The monoisotopic (exact) mass is 261 g/mol. The van der Waals surface area contributed by atoms with Gasteiger partial charge in [-0.25, -0.2) is 4.98 Å². The van der Waals surface area contributed by atoms with Crippen LogP contribution in [0.1, 0.15) is 36.3 Å². The third kappa shape index (κ3) is 4.39. The maximum Gasteiger partial charge on any atom is 0.305 e. The van der Waals surface area contributed by atoms with Crippen LogP contribution in [0.2, 0.25) is 0 Å². The van der Waals surface area contributed by atoms with Crippen molar-refractivity contribution in [3.8, 4) is 6.07 Å². The summed E-state index contributed by atoms with van der Waals surface area (Å²) in [6, 6.07) is 4.38. The second-order valence-electron chi connectivity index (χ2n) is 4.47. The van der Waals surface area contributed by atoms with Crippen LogP contribution in [0.4, 0.5) is 0 Å². The summed E-state index contributed by atoms with van der Waals surface area (Å²) in [5, 5.41) is 20.0. The van der Waals surface area contributed by atoms with Gasteiger partial charge in [0.15, 0.2) is 0 Å². The third-order valence-electron chi connectivity index (χ3n) is 2.64. The zero-order valence-corrected chi connectivity index (χ0v) is 10.8. The molecule has 0 spiro atoms. The Bertz CT molecular complexity index is 503. The number of aliphatic carboxylic acids is 1. The molecule has 1 aromatic heterocycles. The Morgan fingerprint density at radius 2 is 2.16 bits per heavy atom. The minimum Gasteiger partial charge on any atom is -0.481 e. The second kappa shape index (κ2) is 6.50. The van der Waals surface area contributed by atoms with Crippen LogP contribution >= 0.6 is 0 Å². The van der Waals surface area contributed by atoms with Crippen molar-refractivity contribution in [3.63, 3.8) is 0 Å². The molecule has 0 aliphatic rings. The first-order valence-electron chi connectivity index (χ1n) is 5.83. The number of nitrogens with zero attached hydrogens (tertiary/aromatic N) is 2. The molecule has 100 valence electrons. The van der Waals surface area contributed by atoms with Crippen molar-refractivity contribution in [2.45, 2.75) is 26.3 Å². The maximum absolute atomic E-state index is 11.9. The Morgan fingerprint density at radius 1 is 1.47 bits per heavy atom. The van der Waals surface area contributed by atoms with Crippen LogP contribution < -0.4 is 5.32 Å². The first-order valence-corrected chi connectivity index (χ1v) is 5.83. The van der Waals surface area contributed by atoms with E-state index in [4.69, 9.17) is 10.4 Å². The van der Waals surface area contributed by atoms with Gasteiger partial charge in [-0.3, -0.25) is 9.59 Å². The number of hydrogen-bond acceptors (Lipinski definition) is 4. The predicted molar refractivity (Wildman–Crippen MR) is 67.3 cm³/mol. The molecule has 6 heteroatoms. The molecule has 0 aliphatic carbocycles. The molecule has 2 N–H and O–H groups in total. The summed E-state index contributed by atoms with van der Waals surface area (Å²) in [6.45, 7) is 3.67. The predicted octanol–water partition coefficient (Wildman–Crippen LogP) is 1.18. The number of rotatable bonds is 5. The van der Waals surface area contributed by atoms with Gasteiger partial charge in [0, 0.05) is 12.2 Å². The van der Waals surface area contributed by atoms with Crippen molar-refractivity contribution in [1.82, 2.24) is 10.3 Å². The molecule has 1 amide bonds. The van der Waals surface area contributed by atoms with Gasteiger partial charge in [-0.15, -0.1) is 0 Å². The maximum atomic E-state index is 11.9. The summed E-state index contributed by atoms with van der Waals surface area (Å²) in [7, 11) is 0. The number of amides is 1. The fourth-order valence-corrected chi connectivity index (χ4v) is 1.48. The molecule has 19 heavy (non-hydrogen) atoms. The highest BCUT2D eigenvalue weighted by Crippen LogP contribution is 2.08. The molecule has 0 radical (unpaired) electrons. The van der Waals surface area contributed by atoms with Crippen LogP contribution in [-0.2, 0) is 4.79 Å². The average molecular weight is 261 g/mol. The first-order chi connectivity index (χ1) is 8.93. The summed E-state index contributed by atoms with van der Waals surface area (Å²) in [6.07, 6.45) is 1.16. The van der Waals surface area contributed by atoms with Crippen LogP contribution in [0.3, 0.4) is 0 Å². The topological polar surface area (TPSA) is 103 Å². The molecule has 1 aromatic rings. The molecule has 0 bridgehead atoms. The highest BCUT2D eigenvalue weighted by atomic mass is 16.4. The lowest BCUT2D eigenvalue weighted by molar-refractivity contribution is -0.137. The molecule has 0 aromatic carbocycles. The normalized spacial score (nSPS) is 11.7. The molecule has 6 nitrogen and oxygen atoms in total. The van der Waals surface area contributed by atoms with E-state index < -0.39 is 17.9 Å². The van der Waals surface area contributed by atoms with E-state index in [1.54, 1.807) is 0 Å². The van der Waals surface area contributed by atoms with Crippen molar-refractivity contribution >= 4 is 11.9 Å². The largest absolute Gasteiger partial charge is 0.481 e. The highest BCUT2D eigenvalue weighted by molar-refractivity contribution is 5.92. The number of hydrogen-bond donors (Lipinski definition) is 2. The van der Waals surface area contributed by atoms with Crippen LogP contribution in [-0.4, -0.2) is 28.0 Å². The lowest BCUT2D eigenvalue weighted by Gasteiger charge is -2.20. The molecule has 1 rings (SSSR count). The van der Waals surface area contributed by atoms with Crippen molar-refractivity contribution in [1.29, 1.82) is 5.26 Å². The minimum absolute atomic E-state index is 0.00145. The Balaban J connectivity index is 2.76. The molecule has 1 heterocycles. The van der Waals surface area contributed by atoms with Crippen LogP contribution in [0.5, 0.6) is 0 Å². The zero-order chi connectivity index (χ0) is 14.4. The molecule has 1 atom stereocenters. The summed E-state index contributed by atoms with van der Waals surface area (Å²) < 4.78 is 0. The number of carboxylic acid groups (broad SMARTS) is 1. The van der Waals surface area contributed by atoms with Crippen molar-refractivity contribution in [2.24, 2.45) is 5.92 Å². The smallest absolute Gasteiger partial charge is 0.305 e. The van der Waals surface area contributed by atoms with E-state index in [1.165, 1.54) is 18.3 Å². The SMILES string of the molecule is CC(C)C(CC(=O)O)NC(=O)c1ccc(C#N)cn1.